The second kappa shape index (κ2) is 5.21. The summed E-state index contributed by atoms with van der Waals surface area (Å²) in [5, 5.41) is 6.21. The molecule has 2 heterocycles. The van der Waals surface area contributed by atoms with Crippen molar-refractivity contribution in [2.45, 2.75) is 26.3 Å². The summed E-state index contributed by atoms with van der Waals surface area (Å²) in [6.07, 6.45) is 2.74. The first-order valence-electron chi connectivity index (χ1n) is 6.17. The number of urea groups is 1. The fraction of sp³-hybridized carbons (Fsp3) is 0.500. The maximum Gasteiger partial charge on any atom is 0.331 e. The second-order valence-corrected chi connectivity index (χ2v) is 4.51. The molecule has 1 aromatic heterocycles. The predicted octanol–water partition coefficient (Wildman–Crippen LogP) is 0.415. The van der Waals surface area contributed by atoms with E-state index >= 15 is 0 Å². The molecule has 1 aliphatic rings. The van der Waals surface area contributed by atoms with Crippen molar-refractivity contribution in [1.82, 2.24) is 20.0 Å². The van der Waals surface area contributed by atoms with Gasteiger partial charge in [-0.3, -0.25) is 24.5 Å². The Morgan fingerprint density at radius 2 is 2.11 bits per heavy atom. The van der Waals surface area contributed by atoms with Gasteiger partial charge in [0.1, 0.15) is 5.92 Å². The number of rotatable bonds is 4. The molecular formula is C12H16N4O3. The van der Waals surface area contributed by atoms with E-state index in [0.717, 1.165) is 10.6 Å². The molecule has 0 spiro atoms. The lowest BCUT2D eigenvalue weighted by Gasteiger charge is -2.29. The molecule has 7 nitrogen and oxygen atoms in total. The molecule has 7 heteroatoms. The summed E-state index contributed by atoms with van der Waals surface area (Å²) in [5.74, 6) is -1.70. The summed E-state index contributed by atoms with van der Waals surface area (Å²) in [7, 11) is 1.73. The lowest BCUT2D eigenvalue weighted by atomic mass is 9.99. The number of carbonyl (C=O) groups excluding carboxylic acids is 3. The third kappa shape index (κ3) is 2.49. The normalized spacial score (nSPS) is 19.8. The molecule has 1 N–H and O–H groups in total. The average molecular weight is 264 g/mol. The van der Waals surface area contributed by atoms with Gasteiger partial charge in [0.25, 0.3) is 0 Å². The number of aromatic nitrogens is 2. The van der Waals surface area contributed by atoms with E-state index in [4.69, 9.17) is 0 Å². The number of carbonyl (C=O) groups is 3. The lowest BCUT2D eigenvalue weighted by Crippen LogP contribution is -2.57. The molecule has 1 fully saturated rings. The van der Waals surface area contributed by atoms with Gasteiger partial charge in [-0.05, 0) is 12.5 Å². The highest BCUT2D eigenvalue weighted by molar-refractivity contribution is 6.16. The first-order chi connectivity index (χ1) is 9.04. The van der Waals surface area contributed by atoms with Crippen LogP contribution in [0.25, 0.3) is 0 Å². The molecule has 19 heavy (non-hydrogen) atoms. The highest BCUT2D eigenvalue weighted by atomic mass is 16.2. The number of amides is 4. The van der Waals surface area contributed by atoms with E-state index < -0.39 is 23.8 Å². The van der Waals surface area contributed by atoms with E-state index in [1.165, 1.54) is 0 Å². The first-order valence-corrected chi connectivity index (χ1v) is 6.17. The average Bonchev–Trinajstić information content (AvgIpc) is 2.76. The van der Waals surface area contributed by atoms with Crippen LogP contribution in [0, 0.1) is 5.92 Å². The quantitative estimate of drug-likeness (QED) is 0.798. The zero-order valence-electron chi connectivity index (χ0n) is 10.9. The van der Waals surface area contributed by atoms with Gasteiger partial charge in [0.05, 0.1) is 12.2 Å². The molecule has 0 saturated carbocycles. The van der Waals surface area contributed by atoms with Gasteiger partial charge in [0, 0.05) is 13.2 Å². The fourth-order valence-electron chi connectivity index (χ4n) is 2.07. The minimum atomic E-state index is -0.768. The van der Waals surface area contributed by atoms with E-state index in [2.05, 4.69) is 10.4 Å². The highest BCUT2D eigenvalue weighted by Crippen LogP contribution is 2.17. The minimum absolute atomic E-state index is 0.120. The van der Waals surface area contributed by atoms with Crippen LogP contribution >= 0.6 is 0 Å². The van der Waals surface area contributed by atoms with Crippen LogP contribution in [0.3, 0.4) is 0 Å². The standard InChI is InChI=1S/C12H16N4O3/c1-3-4-9-10(17)14-12(19)16(11(9)18)7-8-5-6-13-15(8)2/h5-6,9H,3-4,7H2,1-2H3,(H,14,17,19). The molecule has 0 aromatic carbocycles. The Morgan fingerprint density at radius 1 is 1.37 bits per heavy atom. The number of imide groups is 2. The maximum atomic E-state index is 12.2. The Balaban J connectivity index is 2.19. The Labute approximate surface area is 110 Å². The summed E-state index contributed by atoms with van der Waals surface area (Å²) in [6, 6.07) is 1.06. The topological polar surface area (TPSA) is 84.3 Å². The van der Waals surface area contributed by atoms with Gasteiger partial charge in [0.2, 0.25) is 11.8 Å². The molecule has 1 unspecified atom stereocenters. The number of nitrogens with zero attached hydrogens (tertiary/aromatic N) is 3. The van der Waals surface area contributed by atoms with Crippen LogP contribution in [-0.4, -0.2) is 32.5 Å². The summed E-state index contributed by atoms with van der Waals surface area (Å²) < 4.78 is 1.59. The molecule has 0 aliphatic carbocycles. The minimum Gasteiger partial charge on any atom is -0.277 e. The predicted molar refractivity (Wildman–Crippen MR) is 65.7 cm³/mol. The maximum absolute atomic E-state index is 12.2. The third-order valence-electron chi connectivity index (χ3n) is 3.18. The fourth-order valence-corrected chi connectivity index (χ4v) is 2.07. The molecule has 1 atom stereocenters. The summed E-state index contributed by atoms with van der Waals surface area (Å²) in [6.45, 7) is 2.01. The number of hydrogen-bond donors (Lipinski definition) is 1. The Hall–Kier alpha value is -2.18. The van der Waals surface area contributed by atoms with Crippen molar-refractivity contribution in [1.29, 1.82) is 0 Å². The monoisotopic (exact) mass is 264 g/mol. The zero-order chi connectivity index (χ0) is 14.0. The van der Waals surface area contributed by atoms with Gasteiger partial charge in [-0.1, -0.05) is 13.3 Å². The van der Waals surface area contributed by atoms with Gasteiger partial charge in [-0.2, -0.15) is 5.10 Å². The summed E-state index contributed by atoms with van der Waals surface area (Å²) >= 11 is 0. The molecule has 0 bridgehead atoms. The van der Waals surface area contributed by atoms with Crippen LogP contribution in [0.4, 0.5) is 4.79 Å². The Morgan fingerprint density at radius 3 is 2.68 bits per heavy atom. The van der Waals surface area contributed by atoms with E-state index in [9.17, 15) is 14.4 Å². The smallest absolute Gasteiger partial charge is 0.277 e. The molecule has 4 amide bonds. The van der Waals surface area contributed by atoms with Gasteiger partial charge >= 0.3 is 6.03 Å². The third-order valence-corrected chi connectivity index (χ3v) is 3.18. The Bertz CT molecular complexity index is 523. The number of nitrogens with one attached hydrogen (secondary N) is 1. The molecule has 2 rings (SSSR count). The molecule has 0 radical (unpaired) electrons. The van der Waals surface area contributed by atoms with Crippen molar-refractivity contribution >= 4 is 17.8 Å². The molecule has 102 valence electrons. The van der Waals surface area contributed by atoms with Crippen molar-refractivity contribution in [2.24, 2.45) is 13.0 Å². The SMILES string of the molecule is CCCC1C(=O)NC(=O)N(Cc2ccnn2C)C1=O. The van der Waals surface area contributed by atoms with Crippen molar-refractivity contribution in [2.75, 3.05) is 0 Å². The van der Waals surface area contributed by atoms with E-state index in [1.54, 1.807) is 24.0 Å². The summed E-state index contributed by atoms with van der Waals surface area (Å²) in [5.41, 5.74) is 0.730. The van der Waals surface area contributed by atoms with Crippen molar-refractivity contribution in [3.63, 3.8) is 0 Å². The zero-order valence-corrected chi connectivity index (χ0v) is 10.9. The first kappa shape index (κ1) is 13.3. The summed E-state index contributed by atoms with van der Waals surface area (Å²) in [4.78, 5) is 36.6. The van der Waals surface area contributed by atoms with E-state index in [-0.39, 0.29) is 6.54 Å². The number of aryl methyl sites for hydroxylation is 1. The molecular weight excluding hydrogens is 248 g/mol. The highest BCUT2D eigenvalue weighted by Gasteiger charge is 2.39. The van der Waals surface area contributed by atoms with E-state index in [1.807, 2.05) is 6.92 Å². The van der Waals surface area contributed by atoms with Gasteiger partial charge in [-0.25, -0.2) is 4.79 Å². The van der Waals surface area contributed by atoms with Crippen LogP contribution in [0.1, 0.15) is 25.5 Å². The van der Waals surface area contributed by atoms with Crippen LogP contribution in [0.5, 0.6) is 0 Å². The second-order valence-electron chi connectivity index (χ2n) is 4.51. The number of hydrogen-bond acceptors (Lipinski definition) is 4. The number of barbiturate groups is 1. The van der Waals surface area contributed by atoms with Crippen LogP contribution in [-0.2, 0) is 23.2 Å². The Kier molecular flexibility index (Phi) is 3.64. The van der Waals surface area contributed by atoms with Gasteiger partial charge < -0.3 is 0 Å². The van der Waals surface area contributed by atoms with Crippen LogP contribution in [0.2, 0.25) is 0 Å². The van der Waals surface area contributed by atoms with Gasteiger partial charge in [-0.15, -0.1) is 0 Å². The van der Waals surface area contributed by atoms with Crippen molar-refractivity contribution in [3.8, 4) is 0 Å². The molecule has 1 aliphatic heterocycles. The van der Waals surface area contributed by atoms with Gasteiger partial charge in [0.15, 0.2) is 0 Å². The van der Waals surface area contributed by atoms with Crippen molar-refractivity contribution in [3.05, 3.63) is 18.0 Å². The molecule has 1 aromatic rings. The van der Waals surface area contributed by atoms with Crippen LogP contribution < -0.4 is 5.32 Å². The van der Waals surface area contributed by atoms with E-state index in [0.29, 0.717) is 12.8 Å². The van der Waals surface area contributed by atoms with Crippen molar-refractivity contribution < 1.29 is 14.4 Å². The van der Waals surface area contributed by atoms with Crippen LogP contribution in [0.15, 0.2) is 12.3 Å². The largest absolute Gasteiger partial charge is 0.331 e. The lowest BCUT2D eigenvalue weighted by molar-refractivity contribution is -0.143. The molecule has 1 saturated heterocycles.